The van der Waals surface area contributed by atoms with Gasteiger partial charge in [-0.25, -0.2) is 8.78 Å². The third-order valence-corrected chi connectivity index (χ3v) is 3.38. The van der Waals surface area contributed by atoms with E-state index in [2.05, 4.69) is 4.90 Å². The molecule has 0 aromatic heterocycles. The van der Waals surface area contributed by atoms with E-state index in [1.165, 1.54) is 0 Å². The van der Waals surface area contributed by atoms with Crippen molar-refractivity contribution in [2.45, 2.75) is 37.8 Å². The Morgan fingerprint density at radius 2 is 2.09 bits per heavy atom. The molecule has 0 N–H and O–H groups in total. The van der Waals surface area contributed by atoms with Gasteiger partial charge in [-0.05, 0) is 20.4 Å². The Labute approximate surface area is 65.4 Å². The first-order valence-electron chi connectivity index (χ1n) is 4.12. The van der Waals surface area contributed by atoms with Crippen molar-refractivity contribution in [3.8, 4) is 0 Å². The molecule has 2 rings (SSSR count). The van der Waals surface area contributed by atoms with Gasteiger partial charge < -0.3 is 4.90 Å². The van der Waals surface area contributed by atoms with Gasteiger partial charge >= 0.3 is 0 Å². The Morgan fingerprint density at radius 1 is 1.45 bits per heavy atom. The summed E-state index contributed by atoms with van der Waals surface area (Å²) >= 11 is 0. The highest BCUT2D eigenvalue weighted by Gasteiger charge is 2.58. The fourth-order valence-electron chi connectivity index (χ4n) is 2.49. The van der Waals surface area contributed by atoms with E-state index in [9.17, 15) is 8.78 Å². The maximum atomic E-state index is 13.0. The summed E-state index contributed by atoms with van der Waals surface area (Å²) in [5.74, 6) is -2.76. The van der Waals surface area contributed by atoms with E-state index in [-0.39, 0.29) is 24.4 Å². The fourth-order valence-corrected chi connectivity index (χ4v) is 2.49. The average molecular weight is 161 g/mol. The van der Waals surface area contributed by atoms with E-state index < -0.39 is 5.92 Å². The highest BCUT2D eigenvalue weighted by atomic mass is 19.3. The second-order valence-corrected chi connectivity index (χ2v) is 3.87. The zero-order valence-corrected chi connectivity index (χ0v) is 6.85. The summed E-state index contributed by atoms with van der Waals surface area (Å²) in [6, 6.07) is 0.216. The van der Waals surface area contributed by atoms with Crippen LogP contribution in [-0.4, -0.2) is 30.0 Å². The summed E-state index contributed by atoms with van der Waals surface area (Å²) in [6.45, 7) is 1.90. The minimum atomic E-state index is -2.38. The fraction of sp³-hybridized carbons (Fsp3) is 1.00. The molecule has 0 spiro atoms. The van der Waals surface area contributed by atoms with Crippen molar-refractivity contribution in [2.75, 3.05) is 7.05 Å². The molecule has 3 unspecified atom stereocenters. The lowest BCUT2D eigenvalue weighted by atomic mass is 9.97. The highest BCUT2D eigenvalue weighted by Crippen LogP contribution is 2.50. The Morgan fingerprint density at radius 3 is 2.45 bits per heavy atom. The maximum absolute atomic E-state index is 13.0. The van der Waals surface area contributed by atoms with Crippen molar-refractivity contribution < 1.29 is 8.78 Å². The number of alkyl halides is 2. The van der Waals surface area contributed by atoms with Crippen LogP contribution in [-0.2, 0) is 0 Å². The molecular weight excluding hydrogens is 148 g/mol. The number of halogens is 2. The van der Waals surface area contributed by atoms with Crippen LogP contribution in [0.1, 0.15) is 19.8 Å². The summed E-state index contributed by atoms with van der Waals surface area (Å²) in [4.78, 5) is 2.09. The first-order valence-corrected chi connectivity index (χ1v) is 4.12. The molecular formula is C8H13F2N. The first kappa shape index (κ1) is 7.47. The summed E-state index contributed by atoms with van der Waals surface area (Å²) in [7, 11) is 1.95. The first-order chi connectivity index (χ1) is 5.02. The van der Waals surface area contributed by atoms with Crippen molar-refractivity contribution in [1.82, 2.24) is 4.90 Å². The predicted octanol–water partition coefficient (Wildman–Crippen LogP) is 1.73. The number of fused-ring (bicyclic) bond motifs is 2. The van der Waals surface area contributed by atoms with Gasteiger partial charge in [0.25, 0.3) is 5.92 Å². The van der Waals surface area contributed by atoms with E-state index in [4.69, 9.17) is 0 Å². The maximum Gasteiger partial charge on any atom is 0.253 e. The lowest BCUT2D eigenvalue weighted by Crippen LogP contribution is -2.44. The third-order valence-electron chi connectivity index (χ3n) is 3.38. The number of hydrogen-bond acceptors (Lipinski definition) is 1. The van der Waals surface area contributed by atoms with Gasteiger partial charge in [0.05, 0.1) is 0 Å². The molecule has 2 aliphatic rings. The van der Waals surface area contributed by atoms with Crippen LogP contribution >= 0.6 is 0 Å². The molecule has 64 valence electrons. The smallest absolute Gasteiger partial charge is 0.253 e. The topological polar surface area (TPSA) is 3.24 Å². The van der Waals surface area contributed by atoms with Gasteiger partial charge in [-0.15, -0.1) is 0 Å². The molecule has 11 heavy (non-hydrogen) atoms. The van der Waals surface area contributed by atoms with Crippen molar-refractivity contribution in [1.29, 1.82) is 0 Å². The Balaban J connectivity index is 2.23. The van der Waals surface area contributed by atoms with Crippen LogP contribution in [0, 0.1) is 5.92 Å². The number of nitrogens with zero attached hydrogens (tertiary/aromatic N) is 1. The monoisotopic (exact) mass is 161 g/mol. The molecule has 3 heteroatoms. The molecule has 1 saturated heterocycles. The normalized spacial score (nSPS) is 48.5. The predicted molar refractivity (Wildman–Crippen MR) is 38.7 cm³/mol. The molecule has 1 aliphatic carbocycles. The average Bonchev–Trinajstić information content (AvgIpc) is 2.31. The van der Waals surface area contributed by atoms with Crippen molar-refractivity contribution in [3.63, 3.8) is 0 Å². The molecule has 0 aromatic carbocycles. The summed E-state index contributed by atoms with van der Waals surface area (Å²) in [5.41, 5.74) is 0. The zero-order chi connectivity index (χ0) is 8.22. The molecule has 1 heterocycles. The van der Waals surface area contributed by atoms with Crippen LogP contribution in [0.4, 0.5) is 8.78 Å². The van der Waals surface area contributed by atoms with E-state index in [0.29, 0.717) is 6.42 Å². The lowest BCUT2D eigenvalue weighted by molar-refractivity contribution is -0.0822. The highest BCUT2D eigenvalue weighted by molar-refractivity contribution is 5.04. The second kappa shape index (κ2) is 1.94. The van der Waals surface area contributed by atoms with E-state index >= 15 is 0 Å². The molecule has 1 saturated carbocycles. The summed E-state index contributed by atoms with van der Waals surface area (Å²) in [6.07, 6.45) is 0.781. The van der Waals surface area contributed by atoms with Gasteiger partial charge in [0.15, 0.2) is 0 Å². The largest absolute Gasteiger partial charge is 0.300 e. The van der Waals surface area contributed by atoms with Crippen LogP contribution in [0.25, 0.3) is 0 Å². The van der Waals surface area contributed by atoms with Crippen LogP contribution in [0.3, 0.4) is 0 Å². The van der Waals surface area contributed by atoms with Gasteiger partial charge in [0.2, 0.25) is 0 Å². The molecule has 0 amide bonds. The SMILES string of the molecule is CC1C2CC(CC2(F)F)N1C. The van der Waals surface area contributed by atoms with E-state index in [0.717, 1.165) is 0 Å². The van der Waals surface area contributed by atoms with Gasteiger partial charge in [-0.3, -0.25) is 0 Å². The van der Waals surface area contributed by atoms with Crippen LogP contribution in [0.15, 0.2) is 0 Å². The number of likely N-dealkylation sites (tertiary alicyclic amines) is 1. The molecule has 1 nitrogen and oxygen atoms in total. The lowest BCUT2D eigenvalue weighted by Gasteiger charge is -2.34. The van der Waals surface area contributed by atoms with Crippen LogP contribution < -0.4 is 0 Å². The molecule has 0 aromatic rings. The summed E-state index contributed by atoms with van der Waals surface area (Å²) in [5, 5.41) is 0. The summed E-state index contributed by atoms with van der Waals surface area (Å²) < 4.78 is 26.1. The molecule has 1 aliphatic heterocycles. The Kier molecular flexibility index (Phi) is 1.32. The van der Waals surface area contributed by atoms with Crippen molar-refractivity contribution in [3.05, 3.63) is 0 Å². The zero-order valence-electron chi connectivity index (χ0n) is 6.85. The second-order valence-electron chi connectivity index (χ2n) is 3.87. The molecule has 2 bridgehead atoms. The number of rotatable bonds is 0. The van der Waals surface area contributed by atoms with E-state index in [1.807, 2.05) is 14.0 Å². The third kappa shape index (κ3) is 0.835. The minimum Gasteiger partial charge on any atom is -0.300 e. The van der Waals surface area contributed by atoms with Crippen molar-refractivity contribution in [2.24, 2.45) is 5.92 Å². The Hall–Kier alpha value is -0.180. The van der Waals surface area contributed by atoms with Gasteiger partial charge in [0, 0.05) is 24.4 Å². The van der Waals surface area contributed by atoms with Gasteiger partial charge in [-0.2, -0.15) is 0 Å². The van der Waals surface area contributed by atoms with Crippen molar-refractivity contribution >= 4 is 0 Å². The number of piperidine rings is 1. The van der Waals surface area contributed by atoms with E-state index in [1.54, 1.807) is 0 Å². The molecule has 0 radical (unpaired) electrons. The van der Waals surface area contributed by atoms with Gasteiger partial charge in [0.1, 0.15) is 0 Å². The van der Waals surface area contributed by atoms with Crippen LogP contribution in [0.5, 0.6) is 0 Å². The number of hydrogen-bond donors (Lipinski definition) is 0. The molecule has 2 fully saturated rings. The van der Waals surface area contributed by atoms with Gasteiger partial charge in [-0.1, -0.05) is 0 Å². The minimum absolute atomic E-state index is 0.0729. The Bertz CT molecular complexity index is 179. The quantitative estimate of drug-likeness (QED) is 0.523. The molecule has 3 atom stereocenters. The van der Waals surface area contributed by atoms with Crippen LogP contribution in [0.2, 0.25) is 0 Å². The standard InChI is InChI=1S/C8H13F2N/c1-5-7-3-6(11(5)2)4-8(7,9)10/h5-7H,3-4H2,1-2H3.